The normalized spacial score (nSPS) is 12.7. The van der Waals surface area contributed by atoms with Crippen LogP contribution in [0.15, 0.2) is 4.90 Å². The molecule has 1 amide bonds. The third-order valence-electron chi connectivity index (χ3n) is 5.01. The van der Waals surface area contributed by atoms with Gasteiger partial charge in [-0.05, 0) is 68.4 Å². The van der Waals surface area contributed by atoms with Crippen LogP contribution in [0.25, 0.3) is 0 Å². The summed E-state index contributed by atoms with van der Waals surface area (Å²) in [6, 6.07) is 0. The predicted octanol–water partition coefficient (Wildman–Crippen LogP) is 2.12. The van der Waals surface area contributed by atoms with Gasteiger partial charge in [-0.1, -0.05) is 6.92 Å². The Kier molecular flexibility index (Phi) is 7.98. The Bertz CT molecular complexity index is 802. The molecule has 152 valence electrons. The van der Waals surface area contributed by atoms with E-state index in [-0.39, 0.29) is 42.7 Å². The second-order valence-electron chi connectivity index (χ2n) is 7.11. The molecule has 8 heteroatoms. The van der Waals surface area contributed by atoms with Crippen LogP contribution in [0.4, 0.5) is 0 Å². The van der Waals surface area contributed by atoms with Gasteiger partial charge >= 0.3 is 5.97 Å². The number of nitrogens with one attached hydrogen (secondary N) is 2. The maximum absolute atomic E-state index is 12.8. The van der Waals surface area contributed by atoms with E-state index in [1.54, 1.807) is 20.8 Å². The minimum Gasteiger partial charge on any atom is -0.481 e. The zero-order chi connectivity index (χ0) is 20.9. The molecule has 0 bridgehead atoms. The van der Waals surface area contributed by atoms with E-state index in [4.69, 9.17) is 5.11 Å². The Morgan fingerprint density at radius 2 is 1.44 bits per heavy atom. The molecule has 0 aliphatic carbocycles. The summed E-state index contributed by atoms with van der Waals surface area (Å²) in [7, 11) is -3.73. The van der Waals surface area contributed by atoms with Crippen LogP contribution in [0, 0.1) is 40.5 Å². The molecule has 1 unspecified atom stereocenters. The van der Waals surface area contributed by atoms with Gasteiger partial charge in [0.05, 0.1) is 4.90 Å². The molecule has 0 aromatic heterocycles. The molecule has 27 heavy (non-hydrogen) atoms. The second-order valence-corrected chi connectivity index (χ2v) is 8.81. The molecule has 1 rings (SSSR count). The topological polar surface area (TPSA) is 113 Å². The van der Waals surface area contributed by atoms with Crippen molar-refractivity contribution in [2.75, 3.05) is 13.1 Å². The number of amides is 1. The lowest BCUT2D eigenvalue weighted by atomic mass is 9.95. The number of carboxylic acids is 1. The Morgan fingerprint density at radius 1 is 0.963 bits per heavy atom. The molecule has 1 atom stereocenters. The summed E-state index contributed by atoms with van der Waals surface area (Å²) >= 11 is 0. The van der Waals surface area contributed by atoms with E-state index in [2.05, 4.69) is 10.0 Å². The van der Waals surface area contributed by atoms with E-state index in [1.807, 2.05) is 20.8 Å². The van der Waals surface area contributed by atoms with Gasteiger partial charge in [0, 0.05) is 25.9 Å². The van der Waals surface area contributed by atoms with Gasteiger partial charge in [0.2, 0.25) is 15.9 Å². The van der Waals surface area contributed by atoms with Gasteiger partial charge in [-0.2, -0.15) is 0 Å². The van der Waals surface area contributed by atoms with Gasteiger partial charge in [-0.3, -0.25) is 9.59 Å². The number of carboxylic acid groups (broad SMARTS) is 1. The first-order chi connectivity index (χ1) is 12.4. The molecule has 0 aliphatic heterocycles. The predicted molar refractivity (Wildman–Crippen MR) is 104 cm³/mol. The summed E-state index contributed by atoms with van der Waals surface area (Å²) in [5.41, 5.74) is 4.41. The molecule has 7 nitrogen and oxygen atoms in total. The highest BCUT2D eigenvalue weighted by Crippen LogP contribution is 2.29. The lowest BCUT2D eigenvalue weighted by Gasteiger charge is -2.19. The molecule has 3 N–H and O–H groups in total. The van der Waals surface area contributed by atoms with Crippen molar-refractivity contribution in [3.8, 4) is 0 Å². The maximum Gasteiger partial charge on any atom is 0.303 e. The van der Waals surface area contributed by atoms with Crippen LogP contribution in [-0.4, -0.2) is 38.5 Å². The van der Waals surface area contributed by atoms with Crippen LogP contribution >= 0.6 is 0 Å². The Morgan fingerprint density at radius 3 is 1.93 bits per heavy atom. The van der Waals surface area contributed by atoms with Gasteiger partial charge in [0.1, 0.15) is 0 Å². The van der Waals surface area contributed by atoms with E-state index in [0.29, 0.717) is 0 Å². The monoisotopic (exact) mass is 398 g/mol. The SMILES string of the molecule is Cc1c(C)c(C)c(S(=O)(=O)NCCC(=O)NCC(C)CC(=O)O)c(C)c1C. The van der Waals surface area contributed by atoms with Crippen LogP contribution in [0.2, 0.25) is 0 Å². The van der Waals surface area contributed by atoms with Crippen molar-refractivity contribution in [2.45, 2.75) is 59.3 Å². The number of rotatable bonds is 9. The molecule has 0 heterocycles. The zero-order valence-electron chi connectivity index (χ0n) is 16.9. The Balaban J connectivity index is 2.73. The molecule has 0 spiro atoms. The lowest BCUT2D eigenvalue weighted by molar-refractivity contribution is -0.138. The van der Waals surface area contributed by atoms with Crippen molar-refractivity contribution in [1.82, 2.24) is 10.0 Å². The van der Waals surface area contributed by atoms with Gasteiger partial charge in [-0.25, -0.2) is 13.1 Å². The summed E-state index contributed by atoms with van der Waals surface area (Å²) < 4.78 is 28.0. The summed E-state index contributed by atoms with van der Waals surface area (Å²) in [5, 5.41) is 11.3. The third kappa shape index (κ3) is 6.04. The molecule has 1 aromatic carbocycles. The van der Waals surface area contributed by atoms with Gasteiger partial charge in [-0.15, -0.1) is 0 Å². The van der Waals surface area contributed by atoms with Crippen molar-refractivity contribution in [1.29, 1.82) is 0 Å². The molecule has 1 aromatic rings. The molecule has 0 saturated heterocycles. The summed E-state index contributed by atoms with van der Waals surface area (Å²) in [4.78, 5) is 22.7. The molecular weight excluding hydrogens is 368 g/mol. The van der Waals surface area contributed by atoms with Crippen LogP contribution in [0.3, 0.4) is 0 Å². The first kappa shape index (κ1) is 23.1. The van der Waals surface area contributed by atoms with E-state index >= 15 is 0 Å². The van der Waals surface area contributed by atoms with Crippen molar-refractivity contribution in [3.63, 3.8) is 0 Å². The number of sulfonamides is 1. The fourth-order valence-corrected chi connectivity index (χ4v) is 4.61. The summed E-state index contributed by atoms with van der Waals surface area (Å²) in [6.45, 7) is 11.3. The van der Waals surface area contributed by atoms with E-state index in [0.717, 1.165) is 27.8 Å². The summed E-state index contributed by atoms with van der Waals surface area (Å²) in [5.74, 6) is -1.43. The minimum absolute atomic E-state index is 0.0130. The highest BCUT2D eigenvalue weighted by molar-refractivity contribution is 7.89. The molecule has 0 fully saturated rings. The number of benzene rings is 1. The van der Waals surface area contributed by atoms with Crippen LogP contribution in [0.5, 0.6) is 0 Å². The van der Waals surface area contributed by atoms with Gasteiger partial charge in [0.25, 0.3) is 0 Å². The number of hydrogen-bond donors (Lipinski definition) is 3. The fourth-order valence-electron chi connectivity index (χ4n) is 2.99. The highest BCUT2D eigenvalue weighted by atomic mass is 32.2. The Hall–Kier alpha value is -1.93. The van der Waals surface area contributed by atoms with Crippen molar-refractivity contribution in [2.24, 2.45) is 5.92 Å². The molecular formula is C19H30N2O5S. The first-order valence-electron chi connectivity index (χ1n) is 8.93. The zero-order valence-corrected chi connectivity index (χ0v) is 17.7. The largest absolute Gasteiger partial charge is 0.481 e. The average Bonchev–Trinajstić information content (AvgIpc) is 2.55. The number of aliphatic carboxylic acids is 1. The molecule has 0 radical (unpaired) electrons. The quantitative estimate of drug-likeness (QED) is 0.590. The standard InChI is InChI=1S/C19H30N2O5S/c1-11(9-18(23)24)10-20-17(22)7-8-21-27(25,26)19-15(5)13(3)12(2)14(4)16(19)6/h11,21H,7-10H2,1-6H3,(H,20,22)(H,23,24). The van der Waals surface area contributed by atoms with Crippen molar-refractivity contribution in [3.05, 3.63) is 27.8 Å². The van der Waals surface area contributed by atoms with Crippen molar-refractivity contribution >= 4 is 21.9 Å². The van der Waals surface area contributed by atoms with Crippen LogP contribution < -0.4 is 10.0 Å². The first-order valence-corrected chi connectivity index (χ1v) is 10.4. The third-order valence-corrected chi connectivity index (χ3v) is 6.75. The van der Waals surface area contributed by atoms with Crippen molar-refractivity contribution < 1.29 is 23.1 Å². The minimum atomic E-state index is -3.73. The smallest absolute Gasteiger partial charge is 0.303 e. The van der Waals surface area contributed by atoms with Crippen LogP contribution in [-0.2, 0) is 19.6 Å². The Labute approximate surface area is 161 Å². The fraction of sp³-hybridized carbons (Fsp3) is 0.579. The van der Waals surface area contributed by atoms with Crippen LogP contribution in [0.1, 0.15) is 47.6 Å². The van der Waals surface area contributed by atoms with Gasteiger partial charge < -0.3 is 10.4 Å². The number of hydrogen-bond acceptors (Lipinski definition) is 4. The van der Waals surface area contributed by atoms with Gasteiger partial charge in [0.15, 0.2) is 0 Å². The van der Waals surface area contributed by atoms with E-state index in [1.165, 1.54) is 0 Å². The highest BCUT2D eigenvalue weighted by Gasteiger charge is 2.23. The molecule has 0 aliphatic rings. The second kappa shape index (κ2) is 9.32. The maximum atomic E-state index is 12.8. The number of carbonyl (C=O) groups is 2. The average molecular weight is 399 g/mol. The van der Waals surface area contributed by atoms with E-state index in [9.17, 15) is 18.0 Å². The lowest BCUT2D eigenvalue weighted by Crippen LogP contribution is -2.33. The molecule has 0 saturated carbocycles. The number of carbonyl (C=O) groups excluding carboxylic acids is 1. The summed E-state index contributed by atoms with van der Waals surface area (Å²) in [6.07, 6.45) is -0.0431. The van der Waals surface area contributed by atoms with E-state index < -0.39 is 16.0 Å².